The van der Waals surface area contributed by atoms with Gasteiger partial charge in [-0.2, -0.15) is 0 Å². The van der Waals surface area contributed by atoms with Gasteiger partial charge in [0.05, 0.1) is 18.1 Å². The Morgan fingerprint density at radius 2 is 2.19 bits per heavy atom. The number of aromatic amines is 1. The first kappa shape index (κ1) is 12.2. The van der Waals surface area contributed by atoms with Crippen LogP contribution in [0.1, 0.15) is 12.8 Å². The predicted molar refractivity (Wildman–Crippen MR) is 81.5 cm³/mol. The first-order chi connectivity index (χ1) is 10.3. The van der Waals surface area contributed by atoms with Crippen LogP contribution >= 0.6 is 0 Å². The molecule has 2 N–H and O–H groups in total. The number of ether oxygens (including phenoxy) is 1. The summed E-state index contributed by atoms with van der Waals surface area (Å²) in [4.78, 5) is 19.6. The number of aromatic nitrogens is 2. The van der Waals surface area contributed by atoms with Crippen LogP contribution in [0.4, 0.5) is 5.82 Å². The number of fused-ring (bicyclic) bond motifs is 3. The van der Waals surface area contributed by atoms with E-state index in [2.05, 4.69) is 15.3 Å². The van der Waals surface area contributed by atoms with E-state index in [0.29, 0.717) is 5.82 Å². The van der Waals surface area contributed by atoms with E-state index in [-0.39, 0.29) is 11.8 Å². The fraction of sp³-hybridized carbons (Fsp3) is 0.250. The van der Waals surface area contributed by atoms with Crippen molar-refractivity contribution in [2.45, 2.75) is 12.8 Å². The van der Waals surface area contributed by atoms with Crippen molar-refractivity contribution in [3.05, 3.63) is 30.5 Å². The number of nitrogens with zero attached hydrogens (tertiary/aromatic N) is 1. The van der Waals surface area contributed by atoms with Crippen molar-refractivity contribution >= 4 is 33.5 Å². The third-order valence-corrected chi connectivity index (χ3v) is 3.92. The van der Waals surface area contributed by atoms with E-state index in [1.807, 2.05) is 24.3 Å². The van der Waals surface area contributed by atoms with Gasteiger partial charge in [-0.1, -0.05) is 0 Å². The number of hydrogen-bond donors (Lipinski definition) is 2. The van der Waals surface area contributed by atoms with Crippen molar-refractivity contribution in [2.75, 3.05) is 12.4 Å². The SMILES string of the molecule is COc1ccc2c(c1)[nH]c1c(NC(=O)C3CC3)nccc12. The Kier molecular flexibility index (Phi) is 2.60. The summed E-state index contributed by atoms with van der Waals surface area (Å²) >= 11 is 0. The van der Waals surface area contributed by atoms with Crippen LogP contribution in [0.25, 0.3) is 21.8 Å². The summed E-state index contributed by atoms with van der Waals surface area (Å²) in [5.74, 6) is 1.61. The van der Waals surface area contributed by atoms with Gasteiger partial charge in [0.2, 0.25) is 5.91 Å². The molecule has 1 saturated carbocycles. The van der Waals surface area contributed by atoms with Crippen molar-refractivity contribution in [1.29, 1.82) is 0 Å². The zero-order valence-corrected chi connectivity index (χ0v) is 11.6. The van der Waals surface area contributed by atoms with Crippen LogP contribution in [-0.4, -0.2) is 23.0 Å². The number of nitrogens with one attached hydrogen (secondary N) is 2. The van der Waals surface area contributed by atoms with Crippen molar-refractivity contribution < 1.29 is 9.53 Å². The smallest absolute Gasteiger partial charge is 0.228 e. The highest BCUT2D eigenvalue weighted by atomic mass is 16.5. The van der Waals surface area contributed by atoms with E-state index in [4.69, 9.17) is 4.74 Å². The molecule has 21 heavy (non-hydrogen) atoms. The molecule has 1 aliphatic carbocycles. The van der Waals surface area contributed by atoms with Gasteiger partial charge in [-0.25, -0.2) is 4.98 Å². The van der Waals surface area contributed by atoms with Crippen molar-refractivity contribution in [3.63, 3.8) is 0 Å². The number of rotatable bonds is 3. The van der Waals surface area contributed by atoms with Crippen molar-refractivity contribution in [1.82, 2.24) is 9.97 Å². The van der Waals surface area contributed by atoms with Gasteiger partial charge >= 0.3 is 0 Å². The summed E-state index contributed by atoms with van der Waals surface area (Å²) < 4.78 is 5.25. The third-order valence-electron chi connectivity index (χ3n) is 3.92. The second kappa shape index (κ2) is 4.48. The van der Waals surface area contributed by atoms with E-state index >= 15 is 0 Å². The first-order valence-electron chi connectivity index (χ1n) is 7.01. The molecule has 1 amide bonds. The first-order valence-corrected chi connectivity index (χ1v) is 7.01. The molecule has 0 bridgehead atoms. The monoisotopic (exact) mass is 281 g/mol. The van der Waals surface area contributed by atoms with Crippen LogP contribution in [0.2, 0.25) is 0 Å². The predicted octanol–water partition coefficient (Wildman–Crippen LogP) is 3.07. The molecular formula is C16H15N3O2. The molecule has 0 spiro atoms. The number of benzene rings is 1. The standard InChI is InChI=1S/C16H15N3O2/c1-21-10-4-5-11-12-6-7-17-15(14(12)18-13(11)8-10)19-16(20)9-2-3-9/h4-9,18H,2-3H2,1H3,(H,17,19,20). The second-order valence-corrected chi connectivity index (χ2v) is 5.38. The van der Waals surface area contributed by atoms with Crippen LogP contribution in [0.5, 0.6) is 5.75 Å². The Hall–Kier alpha value is -2.56. The van der Waals surface area contributed by atoms with Crippen LogP contribution in [0, 0.1) is 5.92 Å². The van der Waals surface area contributed by atoms with Crippen molar-refractivity contribution in [3.8, 4) is 5.75 Å². The summed E-state index contributed by atoms with van der Waals surface area (Å²) in [6.07, 6.45) is 3.68. The highest BCUT2D eigenvalue weighted by Gasteiger charge is 2.30. The largest absolute Gasteiger partial charge is 0.497 e. The fourth-order valence-electron chi connectivity index (χ4n) is 2.60. The molecule has 3 aromatic rings. The maximum Gasteiger partial charge on any atom is 0.228 e. The Labute approximate surface area is 121 Å². The van der Waals surface area contributed by atoms with Gasteiger partial charge in [-0.05, 0) is 31.0 Å². The molecule has 0 saturated heterocycles. The zero-order valence-electron chi connectivity index (χ0n) is 11.6. The van der Waals surface area contributed by atoms with Gasteiger partial charge in [-0.3, -0.25) is 4.79 Å². The molecule has 2 heterocycles. The van der Waals surface area contributed by atoms with Gasteiger partial charge in [0.15, 0.2) is 5.82 Å². The Bertz CT molecular complexity index is 849. The number of carbonyl (C=O) groups is 1. The second-order valence-electron chi connectivity index (χ2n) is 5.38. The topological polar surface area (TPSA) is 67.0 Å². The highest BCUT2D eigenvalue weighted by molar-refractivity contribution is 6.12. The zero-order chi connectivity index (χ0) is 14.4. The summed E-state index contributed by atoms with van der Waals surface area (Å²) in [6.45, 7) is 0. The molecule has 0 aliphatic heterocycles. The van der Waals surface area contributed by atoms with E-state index < -0.39 is 0 Å². The lowest BCUT2D eigenvalue weighted by Gasteiger charge is -2.04. The molecule has 106 valence electrons. The van der Waals surface area contributed by atoms with Crippen molar-refractivity contribution in [2.24, 2.45) is 5.92 Å². The average Bonchev–Trinajstić information content (AvgIpc) is 3.28. The number of hydrogen-bond acceptors (Lipinski definition) is 3. The minimum Gasteiger partial charge on any atom is -0.497 e. The molecule has 1 aliphatic rings. The molecule has 5 heteroatoms. The lowest BCUT2D eigenvalue weighted by Crippen LogP contribution is -2.14. The molecule has 2 aromatic heterocycles. The van der Waals surface area contributed by atoms with E-state index in [9.17, 15) is 4.79 Å². The van der Waals surface area contributed by atoms with Gasteiger partial charge < -0.3 is 15.0 Å². The number of methoxy groups -OCH3 is 1. The van der Waals surface area contributed by atoms with Crippen LogP contribution in [0.15, 0.2) is 30.5 Å². The van der Waals surface area contributed by atoms with Gasteiger partial charge in [0.25, 0.3) is 0 Å². The summed E-state index contributed by atoms with van der Waals surface area (Å²) in [7, 11) is 1.65. The van der Waals surface area contributed by atoms with Gasteiger partial charge in [-0.15, -0.1) is 0 Å². The fourth-order valence-corrected chi connectivity index (χ4v) is 2.60. The highest BCUT2D eigenvalue weighted by Crippen LogP contribution is 2.33. The lowest BCUT2D eigenvalue weighted by atomic mass is 10.2. The minimum absolute atomic E-state index is 0.0613. The van der Waals surface area contributed by atoms with E-state index in [1.165, 1.54) is 0 Å². The third kappa shape index (κ3) is 2.01. The molecular weight excluding hydrogens is 266 g/mol. The van der Waals surface area contributed by atoms with Gasteiger partial charge in [0, 0.05) is 29.0 Å². The summed E-state index contributed by atoms with van der Waals surface area (Å²) in [5, 5.41) is 5.07. The normalized spacial score (nSPS) is 14.5. The van der Waals surface area contributed by atoms with Crippen LogP contribution in [0.3, 0.4) is 0 Å². The number of carbonyl (C=O) groups excluding carboxylic acids is 1. The number of anilines is 1. The van der Waals surface area contributed by atoms with E-state index in [0.717, 1.165) is 40.4 Å². The Morgan fingerprint density at radius 3 is 2.95 bits per heavy atom. The molecule has 4 rings (SSSR count). The van der Waals surface area contributed by atoms with Gasteiger partial charge in [0.1, 0.15) is 5.75 Å². The summed E-state index contributed by atoms with van der Waals surface area (Å²) in [5.41, 5.74) is 1.83. The van der Waals surface area contributed by atoms with E-state index in [1.54, 1.807) is 13.3 Å². The maximum absolute atomic E-state index is 11.9. The number of H-pyrrole nitrogens is 1. The minimum atomic E-state index is 0.0613. The summed E-state index contributed by atoms with van der Waals surface area (Å²) in [6, 6.07) is 7.84. The average molecular weight is 281 g/mol. The Balaban J connectivity index is 1.85. The van der Waals surface area contributed by atoms with Crippen LogP contribution in [-0.2, 0) is 4.79 Å². The molecule has 0 atom stereocenters. The van der Waals surface area contributed by atoms with Crippen LogP contribution < -0.4 is 10.1 Å². The quantitative estimate of drug-likeness (QED) is 0.775. The number of amides is 1. The lowest BCUT2D eigenvalue weighted by molar-refractivity contribution is -0.117. The molecule has 0 radical (unpaired) electrons. The number of pyridine rings is 1. The molecule has 1 fully saturated rings. The molecule has 5 nitrogen and oxygen atoms in total. The Morgan fingerprint density at radius 1 is 1.33 bits per heavy atom. The maximum atomic E-state index is 11.9. The molecule has 1 aromatic carbocycles. The molecule has 0 unspecified atom stereocenters.